The molecule has 3 rings (SSSR count). The van der Waals surface area contributed by atoms with Crippen molar-refractivity contribution in [1.29, 1.82) is 0 Å². The number of hydrogen-bond donors (Lipinski definition) is 1. The van der Waals surface area contributed by atoms with Gasteiger partial charge < -0.3 is 10.1 Å². The Hall–Kier alpha value is -3.36. The Balaban J connectivity index is 1.60. The van der Waals surface area contributed by atoms with Crippen LogP contribution in [0.15, 0.2) is 36.9 Å². The number of carbonyl (C=O) groups excluding carboxylic acids is 1. The smallest absolute Gasteiger partial charge is 0.316 e. The van der Waals surface area contributed by atoms with Gasteiger partial charge in [0, 0.05) is 18.1 Å². The first-order valence-corrected chi connectivity index (χ1v) is 7.17. The van der Waals surface area contributed by atoms with Gasteiger partial charge in [0.25, 0.3) is 11.9 Å². The van der Waals surface area contributed by atoms with Gasteiger partial charge in [-0.3, -0.25) is 4.79 Å². The Morgan fingerprint density at radius 2 is 1.88 bits per heavy atom. The molecule has 1 amide bonds. The van der Waals surface area contributed by atoms with E-state index in [0.717, 1.165) is 11.4 Å². The first-order valence-electron chi connectivity index (χ1n) is 7.17. The molecule has 1 N–H and O–H groups in total. The molecule has 3 heterocycles. The highest BCUT2D eigenvalue weighted by Crippen LogP contribution is 2.09. The highest BCUT2D eigenvalue weighted by atomic mass is 16.5. The van der Waals surface area contributed by atoms with Gasteiger partial charge in [0.2, 0.25) is 0 Å². The van der Waals surface area contributed by atoms with E-state index in [9.17, 15) is 4.79 Å². The Morgan fingerprint density at radius 1 is 1.17 bits per heavy atom. The molecule has 0 aliphatic rings. The Labute approximate surface area is 137 Å². The van der Waals surface area contributed by atoms with Crippen molar-refractivity contribution in [1.82, 2.24) is 29.7 Å². The van der Waals surface area contributed by atoms with E-state index in [1.807, 2.05) is 19.9 Å². The zero-order valence-corrected chi connectivity index (χ0v) is 13.2. The van der Waals surface area contributed by atoms with Crippen molar-refractivity contribution in [3.05, 3.63) is 48.3 Å². The van der Waals surface area contributed by atoms with Crippen molar-refractivity contribution in [3.8, 4) is 12.0 Å². The minimum absolute atomic E-state index is 0.142. The number of amides is 1. The topological polar surface area (TPSA) is 108 Å². The van der Waals surface area contributed by atoms with Crippen molar-refractivity contribution in [3.63, 3.8) is 0 Å². The van der Waals surface area contributed by atoms with Gasteiger partial charge >= 0.3 is 6.01 Å². The molecule has 0 saturated heterocycles. The molecule has 24 heavy (non-hydrogen) atoms. The number of nitrogens with zero attached hydrogens (tertiary/aromatic N) is 6. The average Bonchev–Trinajstić information content (AvgIpc) is 2.93. The predicted octanol–water partition coefficient (Wildman–Crippen LogP) is 1.09. The highest BCUT2D eigenvalue weighted by Gasteiger charge is 2.08. The molecular weight excluding hydrogens is 310 g/mol. The number of carbonyl (C=O) groups is 1. The average molecular weight is 325 g/mol. The van der Waals surface area contributed by atoms with Crippen LogP contribution in [0.25, 0.3) is 5.95 Å². The van der Waals surface area contributed by atoms with Gasteiger partial charge in [-0.25, -0.2) is 24.6 Å². The number of nitrogens with one attached hydrogen (secondary N) is 1. The molecule has 0 fully saturated rings. The molecular formula is C15H15N7O2. The molecule has 0 aromatic carbocycles. The van der Waals surface area contributed by atoms with E-state index in [1.54, 1.807) is 10.7 Å². The lowest BCUT2D eigenvalue weighted by atomic mass is 10.4. The minimum Gasteiger partial charge on any atom is -0.453 e. The van der Waals surface area contributed by atoms with Crippen LogP contribution < -0.4 is 10.1 Å². The zero-order valence-electron chi connectivity index (χ0n) is 13.2. The van der Waals surface area contributed by atoms with Crippen molar-refractivity contribution < 1.29 is 9.53 Å². The second-order valence-electron chi connectivity index (χ2n) is 4.98. The van der Waals surface area contributed by atoms with Crippen LogP contribution in [0.1, 0.15) is 11.4 Å². The summed E-state index contributed by atoms with van der Waals surface area (Å²) in [5, 5.41) is 6.94. The largest absolute Gasteiger partial charge is 0.453 e. The molecule has 9 nitrogen and oxygen atoms in total. The molecule has 0 atom stereocenters. The summed E-state index contributed by atoms with van der Waals surface area (Å²) in [5.74, 6) is 0.0810. The lowest BCUT2D eigenvalue weighted by molar-refractivity contribution is -0.118. The van der Waals surface area contributed by atoms with Gasteiger partial charge in [-0.1, -0.05) is 0 Å². The van der Waals surface area contributed by atoms with Crippen LogP contribution >= 0.6 is 0 Å². The maximum Gasteiger partial charge on any atom is 0.316 e. The third-order valence-corrected chi connectivity index (χ3v) is 3.00. The molecule has 122 valence electrons. The Bertz CT molecular complexity index is 831. The minimum atomic E-state index is -0.357. The number of aromatic nitrogens is 6. The zero-order chi connectivity index (χ0) is 16.9. The Morgan fingerprint density at radius 3 is 2.50 bits per heavy atom. The van der Waals surface area contributed by atoms with E-state index in [4.69, 9.17) is 4.74 Å². The van der Waals surface area contributed by atoms with E-state index >= 15 is 0 Å². The lowest BCUT2D eigenvalue weighted by Crippen LogP contribution is -2.21. The van der Waals surface area contributed by atoms with Crippen molar-refractivity contribution in [2.75, 3.05) is 11.9 Å². The predicted molar refractivity (Wildman–Crippen MR) is 84.8 cm³/mol. The lowest BCUT2D eigenvalue weighted by Gasteiger charge is -2.06. The molecule has 9 heteroatoms. The fourth-order valence-electron chi connectivity index (χ4n) is 2.01. The normalized spacial score (nSPS) is 10.4. The van der Waals surface area contributed by atoms with Crippen molar-refractivity contribution >= 4 is 11.6 Å². The van der Waals surface area contributed by atoms with Crippen LogP contribution in [0.5, 0.6) is 6.01 Å². The second-order valence-corrected chi connectivity index (χ2v) is 4.98. The van der Waals surface area contributed by atoms with E-state index in [1.165, 1.54) is 24.8 Å². The fraction of sp³-hybridized carbons (Fsp3) is 0.200. The maximum atomic E-state index is 11.8. The summed E-state index contributed by atoms with van der Waals surface area (Å²) in [6.45, 7) is 3.61. The van der Waals surface area contributed by atoms with Gasteiger partial charge in [0.05, 0.1) is 23.8 Å². The van der Waals surface area contributed by atoms with Gasteiger partial charge in [-0.05, 0) is 26.0 Å². The second kappa shape index (κ2) is 6.82. The molecule has 0 bridgehead atoms. The molecule has 3 aromatic heterocycles. The van der Waals surface area contributed by atoms with Crippen LogP contribution in [0.3, 0.4) is 0 Å². The van der Waals surface area contributed by atoms with Crippen LogP contribution in [-0.4, -0.2) is 42.2 Å². The summed E-state index contributed by atoms with van der Waals surface area (Å²) in [7, 11) is 0. The van der Waals surface area contributed by atoms with Gasteiger partial charge in [0.15, 0.2) is 6.61 Å². The highest BCUT2D eigenvalue weighted by molar-refractivity contribution is 5.91. The molecule has 0 aliphatic carbocycles. The third kappa shape index (κ3) is 3.69. The van der Waals surface area contributed by atoms with Crippen LogP contribution in [0, 0.1) is 13.8 Å². The molecule has 3 aromatic rings. The van der Waals surface area contributed by atoms with Crippen LogP contribution in [0.2, 0.25) is 0 Å². The number of rotatable bonds is 5. The summed E-state index contributed by atoms with van der Waals surface area (Å²) in [6, 6.07) is 3.74. The van der Waals surface area contributed by atoms with Crippen LogP contribution in [-0.2, 0) is 4.79 Å². The molecule has 0 unspecified atom stereocenters. The van der Waals surface area contributed by atoms with Crippen LogP contribution in [0.4, 0.5) is 5.69 Å². The Kier molecular flexibility index (Phi) is 4.41. The van der Waals surface area contributed by atoms with Crippen molar-refractivity contribution in [2.24, 2.45) is 0 Å². The maximum absolute atomic E-state index is 11.8. The van der Waals surface area contributed by atoms with Crippen molar-refractivity contribution in [2.45, 2.75) is 13.8 Å². The molecule has 0 aliphatic heterocycles. The summed E-state index contributed by atoms with van der Waals surface area (Å²) >= 11 is 0. The number of hydrogen-bond acceptors (Lipinski definition) is 7. The summed E-state index contributed by atoms with van der Waals surface area (Å²) in [6.07, 6.45) is 6.09. The van der Waals surface area contributed by atoms with E-state index < -0.39 is 0 Å². The fourth-order valence-corrected chi connectivity index (χ4v) is 2.01. The van der Waals surface area contributed by atoms with E-state index in [2.05, 4.69) is 30.4 Å². The van der Waals surface area contributed by atoms with E-state index in [0.29, 0.717) is 11.6 Å². The van der Waals surface area contributed by atoms with Gasteiger partial charge in [0.1, 0.15) is 0 Å². The molecule has 0 saturated carbocycles. The third-order valence-electron chi connectivity index (χ3n) is 3.00. The number of aryl methyl sites for hydroxylation is 2. The summed E-state index contributed by atoms with van der Waals surface area (Å²) in [5.41, 5.74) is 2.28. The summed E-state index contributed by atoms with van der Waals surface area (Å²) in [4.78, 5) is 28.0. The standard InChI is InChI=1S/C15H15N7O2/c1-10-6-11(2)22(21-10)14-18-7-12(8-19-14)20-13(23)9-24-15-16-4-3-5-17-15/h3-8H,9H2,1-2H3,(H,20,23). The number of anilines is 1. The molecule has 0 spiro atoms. The van der Waals surface area contributed by atoms with E-state index in [-0.39, 0.29) is 18.5 Å². The monoisotopic (exact) mass is 325 g/mol. The molecule has 0 radical (unpaired) electrons. The quantitative estimate of drug-likeness (QED) is 0.748. The van der Waals surface area contributed by atoms with Gasteiger partial charge in [-0.2, -0.15) is 5.10 Å². The summed E-state index contributed by atoms with van der Waals surface area (Å²) < 4.78 is 6.80. The first-order chi connectivity index (χ1) is 11.6. The SMILES string of the molecule is Cc1cc(C)n(-c2ncc(NC(=O)COc3ncccn3)cn2)n1. The van der Waals surface area contributed by atoms with Gasteiger partial charge in [-0.15, -0.1) is 0 Å². The first kappa shape index (κ1) is 15.5. The number of ether oxygens (including phenoxy) is 1.